The number of anilines is 1. The van der Waals surface area contributed by atoms with Gasteiger partial charge in [0.25, 0.3) is 17.5 Å². The lowest BCUT2D eigenvalue weighted by Crippen LogP contribution is -2.54. The van der Waals surface area contributed by atoms with Crippen LogP contribution in [0.3, 0.4) is 0 Å². The van der Waals surface area contributed by atoms with Crippen LogP contribution in [0.1, 0.15) is 16.7 Å². The number of amides is 2. The maximum Gasteiger partial charge on any atom is 0.280 e. The van der Waals surface area contributed by atoms with Crippen LogP contribution in [-0.4, -0.2) is 29.0 Å². The van der Waals surface area contributed by atoms with Crippen molar-refractivity contribution in [2.75, 3.05) is 12.0 Å². The van der Waals surface area contributed by atoms with Crippen molar-refractivity contribution in [2.24, 2.45) is 0 Å². The van der Waals surface area contributed by atoms with E-state index < -0.39 is 16.7 Å². The number of halogens is 1. The molecule has 1 saturated heterocycles. The van der Waals surface area contributed by atoms with E-state index in [9.17, 15) is 19.7 Å². The third-order valence-electron chi connectivity index (χ3n) is 5.55. The number of carbonyl (C=O) groups excluding carboxylic acids is 2. The highest BCUT2D eigenvalue weighted by atomic mass is 79.9. The smallest absolute Gasteiger partial charge is 0.280 e. The normalized spacial score (nSPS) is 14.5. The molecule has 3 aromatic rings. The first-order valence-electron chi connectivity index (χ1n) is 10.9. The van der Waals surface area contributed by atoms with Gasteiger partial charge in [-0.1, -0.05) is 46.3 Å². The van der Waals surface area contributed by atoms with Crippen LogP contribution < -0.4 is 19.7 Å². The molecule has 11 heteroatoms. The molecule has 37 heavy (non-hydrogen) atoms. The Morgan fingerprint density at radius 3 is 2.49 bits per heavy atom. The van der Waals surface area contributed by atoms with Crippen LogP contribution in [0, 0.1) is 17.0 Å². The number of benzene rings is 3. The fourth-order valence-corrected chi connectivity index (χ4v) is 4.50. The molecule has 0 bridgehead atoms. The second-order valence-electron chi connectivity index (χ2n) is 7.98. The quantitative estimate of drug-likeness (QED) is 0.136. The predicted molar refractivity (Wildman–Crippen MR) is 146 cm³/mol. The summed E-state index contributed by atoms with van der Waals surface area (Å²) in [4.78, 5) is 38.7. The first kappa shape index (κ1) is 26.0. The van der Waals surface area contributed by atoms with Crippen molar-refractivity contribution in [1.82, 2.24) is 5.32 Å². The molecule has 0 unspecified atom stereocenters. The number of methoxy groups -OCH3 is 1. The molecule has 1 heterocycles. The molecule has 0 aliphatic carbocycles. The van der Waals surface area contributed by atoms with E-state index in [4.69, 9.17) is 21.7 Å². The van der Waals surface area contributed by atoms with Crippen LogP contribution in [0.2, 0.25) is 0 Å². The Kier molecular flexibility index (Phi) is 7.65. The Balaban J connectivity index is 1.74. The SMILES string of the molecule is COc1cc(/C=C2\C(=O)NC(=S)N(c3ccc(Br)cc3C)C2=O)c([N+](=O)[O-])cc1OCc1ccccc1. The molecule has 0 atom stereocenters. The Morgan fingerprint density at radius 2 is 1.84 bits per heavy atom. The van der Waals surface area contributed by atoms with Gasteiger partial charge >= 0.3 is 0 Å². The fraction of sp³-hybridized carbons (Fsp3) is 0.115. The van der Waals surface area contributed by atoms with Crippen LogP contribution in [0.15, 0.2) is 70.7 Å². The number of nitro benzene ring substituents is 1. The molecule has 0 spiro atoms. The maximum atomic E-state index is 13.4. The second kappa shape index (κ2) is 10.9. The van der Waals surface area contributed by atoms with Crippen LogP contribution in [0.5, 0.6) is 11.5 Å². The summed E-state index contributed by atoms with van der Waals surface area (Å²) in [6.07, 6.45) is 1.16. The van der Waals surface area contributed by atoms with Crippen LogP contribution in [0.25, 0.3) is 6.08 Å². The first-order chi connectivity index (χ1) is 17.7. The van der Waals surface area contributed by atoms with Crippen molar-refractivity contribution in [3.63, 3.8) is 0 Å². The lowest BCUT2D eigenvalue weighted by molar-refractivity contribution is -0.385. The molecule has 0 saturated carbocycles. The summed E-state index contributed by atoms with van der Waals surface area (Å²) in [5.74, 6) is -1.13. The number of nitro groups is 1. The van der Waals surface area contributed by atoms with Gasteiger partial charge in [0.2, 0.25) is 0 Å². The number of ether oxygens (including phenoxy) is 2. The highest BCUT2D eigenvalue weighted by Gasteiger charge is 2.36. The predicted octanol–water partition coefficient (Wildman–Crippen LogP) is 5.08. The number of thiocarbonyl (C=S) groups is 1. The second-order valence-corrected chi connectivity index (χ2v) is 9.28. The number of hydrogen-bond acceptors (Lipinski definition) is 7. The van der Waals surface area contributed by atoms with E-state index in [0.29, 0.717) is 5.69 Å². The van der Waals surface area contributed by atoms with Crippen molar-refractivity contribution in [3.8, 4) is 11.5 Å². The molecule has 188 valence electrons. The average Bonchev–Trinajstić information content (AvgIpc) is 2.86. The Hall–Kier alpha value is -4.09. The molecule has 1 fully saturated rings. The minimum Gasteiger partial charge on any atom is -0.493 e. The number of rotatable bonds is 7. The number of carbonyl (C=O) groups is 2. The number of aryl methyl sites for hydroxylation is 1. The zero-order chi connectivity index (χ0) is 26.7. The van der Waals surface area contributed by atoms with Crippen LogP contribution in [-0.2, 0) is 16.2 Å². The lowest BCUT2D eigenvalue weighted by Gasteiger charge is -2.30. The van der Waals surface area contributed by atoms with Gasteiger partial charge in [-0.2, -0.15) is 0 Å². The largest absolute Gasteiger partial charge is 0.493 e. The zero-order valence-corrected chi connectivity index (χ0v) is 22.1. The molecule has 1 N–H and O–H groups in total. The molecule has 4 rings (SSSR count). The molecule has 2 amide bonds. The monoisotopic (exact) mass is 581 g/mol. The van der Waals surface area contributed by atoms with E-state index in [1.165, 1.54) is 24.1 Å². The topological polar surface area (TPSA) is 111 Å². The Labute approximate surface area is 226 Å². The van der Waals surface area contributed by atoms with E-state index in [0.717, 1.165) is 21.7 Å². The molecular weight excluding hydrogens is 562 g/mol. The molecule has 0 radical (unpaired) electrons. The molecule has 1 aliphatic heterocycles. The minimum absolute atomic E-state index is 0.00675. The van der Waals surface area contributed by atoms with Gasteiger partial charge in [0.05, 0.1) is 29.4 Å². The van der Waals surface area contributed by atoms with Gasteiger partial charge < -0.3 is 9.47 Å². The standard InChI is InChI=1S/C26H20BrN3O6S/c1-15-10-18(27)8-9-20(15)29-25(32)19(24(31)28-26(29)37)11-17-12-22(35-2)23(13-21(17)30(33)34)36-14-16-6-4-3-5-7-16/h3-13H,14H2,1-2H3,(H,28,31,37)/b19-11+. The van der Waals surface area contributed by atoms with Gasteiger partial charge in [-0.3, -0.25) is 29.9 Å². The summed E-state index contributed by atoms with van der Waals surface area (Å²) in [6.45, 7) is 1.95. The summed E-state index contributed by atoms with van der Waals surface area (Å²) in [6, 6.07) is 17.1. The fourth-order valence-electron chi connectivity index (χ4n) is 3.75. The van der Waals surface area contributed by atoms with Gasteiger partial charge in [-0.15, -0.1) is 0 Å². The third-order valence-corrected chi connectivity index (χ3v) is 6.33. The van der Waals surface area contributed by atoms with Crippen molar-refractivity contribution < 1.29 is 24.0 Å². The van der Waals surface area contributed by atoms with E-state index in [2.05, 4.69) is 21.2 Å². The summed E-state index contributed by atoms with van der Waals surface area (Å²) >= 11 is 8.63. The zero-order valence-electron chi connectivity index (χ0n) is 19.7. The number of nitrogens with zero attached hydrogens (tertiary/aromatic N) is 2. The van der Waals surface area contributed by atoms with E-state index in [1.807, 2.05) is 30.3 Å². The Morgan fingerprint density at radius 1 is 1.11 bits per heavy atom. The average molecular weight is 582 g/mol. The van der Waals surface area contributed by atoms with Gasteiger partial charge in [-0.25, -0.2) is 0 Å². The summed E-state index contributed by atoms with van der Waals surface area (Å²) in [5, 5.41) is 14.3. The van der Waals surface area contributed by atoms with E-state index >= 15 is 0 Å². The van der Waals surface area contributed by atoms with Gasteiger partial charge in [-0.05, 0) is 60.6 Å². The highest BCUT2D eigenvalue weighted by Crippen LogP contribution is 2.37. The van der Waals surface area contributed by atoms with Crippen LogP contribution >= 0.6 is 28.1 Å². The third kappa shape index (κ3) is 5.52. The first-order valence-corrected chi connectivity index (χ1v) is 12.1. The van der Waals surface area contributed by atoms with Crippen LogP contribution in [0.4, 0.5) is 11.4 Å². The van der Waals surface area contributed by atoms with Gasteiger partial charge in [0.15, 0.2) is 16.6 Å². The molecule has 0 aromatic heterocycles. The lowest BCUT2D eigenvalue weighted by atomic mass is 10.0. The summed E-state index contributed by atoms with van der Waals surface area (Å²) in [7, 11) is 1.39. The minimum atomic E-state index is -0.765. The summed E-state index contributed by atoms with van der Waals surface area (Å²) < 4.78 is 12.0. The van der Waals surface area contributed by atoms with Gasteiger partial charge in [0, 0.05) is 4.47 Å². The molecule has 9 nitrogen and oxygen atoms in total. The van der Waals surface area contributed by atoms with Crippen molar-refractivity contribution in [2.45, 2.75) is 13.5 Å². The molecule has 1 aliphatic rings. The van der Waals surface area contributed by atoms with E-state index in [-0.39, 0.29) is 40.0 Å². The Bertz CT molecular complexity index is 1460. The van der Waals surface area contributed by atoms with Crippen molar-refractivity contribution >= 4 is 62.5 Å². The molecular formula is C26H20BrN3O6S. The number of hydrogen-bond donors (Lipinski definition) is 1. The highest BCUT2D eigenvalue weighted by molar-refractivity contribution is 9.10. The number of nitrogens with one attached hydrogen (secondary N) is 1. The van der Waals surface area contributed by atoms with Crippen molar-refractivity contribution in [1.29, 1.82) is 0 Å². The molecule has 3 aromatic carbocycles. The van der Waals surface area contributed by atoms with E-state index in [1.54, 1.807) is 25.1 Å². The van der Waals surface area contributed by atoms with Gasteiger partial charge in [0.1, 0.15) is 12.2 Å². The summed E-state index contributed by atoms with van der Waals surface area (Å²) in [5.41, 5.74) is 1.37. The maximum absolute atomic E-state index is 13.4. The van der Waals surface area contributed by atoms with Crippen molar-refractivity contribution in [3.05, 3.63) is 97.5 Å².